The van der Waals surface area contributed by atoms with Crippen molar-refractivity contribution < 1.29 is 0 Å². The first-order valence-electron chi connectivity index (χ1n) is 5.26. The van der Waals surface area contributed by atoms with E-state index in [0.717, 1.165) is 16.7 Å². The lowest BCUT2D eigenvalue weighted by Gasteiger charge is -2.14. The lowest BCUT2D eigenvalue weighted by atomic mass is 9.98. The third-order valence-corrected chi connectivity index (χ3v) is 2.89. The number of hydrogen-bond donors (Lipinski definition) is 0. The van der Waals surface area contributed by atoms with E-state index in [9.17, 15) is 0 Å². The van der Waals surface area contributed by atoms with Crippen LogP contribution >= 0.6 is 34.8 Å². The molecule has 0 unspecified atom stereocenters. The number of benzene rings is 2. The molecule has 88 valence electrons. The van der Waals surface area contributed by atoms with E-state index in [1.165, 1.54) is 0 Å². The second-order valence-corrected chi connectivity index (χ2v) is 6.33. The summed E-state index contributed by atoms with van der Waals surface area (Å²) in [4.78, 5) is 0. The van der Waals surface area contributed by atoms with E-state index in [1.807, 2.05) is 42.5 Å². The van der Waals surface area contributed by atoms with Crippen LogP contribution in [0.4, 0.5) is 0 Å². The van der Waals surface area contributed by atoms with Gasteiger partial charge in [0, 0.05) is 6.42 Å². The fourth-order valence-electron chi connectivity index (χ4n) is 1.79. The number of halogens is 3. The topological polar surface area (TPSA) is 0 Å². The average Bonchev–Trinajstić information content (AvgIpc) is 2.29. The second-order valence-electron chi connectivity index (χ2n) is 3.82. The fraction of sp³-hybridized carbons (Fsp3) is 0.143. The molecule has 2 rings (SSSR count). The van der Waals surface area contributed by atoms with Crippen LogP contribution < -0.4 is 0 Å². The highest BCUT2D eigenvalue weighted by atomic mass is 35.6. The Bertz CT molecular complexity index is 486. The van der Waals surface area contributed by atoms with Crippen LogP contribution in [0.5, 0.6) is 0 Å². The Morgan fingerprint density at radius 2 is 1.35 bits per heavy atom. The van der Waals surface area contributed by atoms with Crippen molar-refractivity contribution >= 4 is 34.8 Å². The summed E-state index contributed by atoms with van der Waals surface area (Å²) in [5.74, 6) is 0. The largest absolute Gasteiger partial charge is 0.194 e. The molecule has 2 aromatic carbocycles. The van der Waals surface area contributed by atoms with E-state index < -0.39 is 3.79 Å². The van der Waals surface area contributed by atoms with Gasteiger partial charge in [-0.05, 0) is 16.7 Å². The summed E-state index contributed by atoms with van der Waals surface area (Å²) in [7, 11) is 0. The van der Waals surface area contributed by atoms with Gasteiger partial charge in [-0.15, -0.1) is 0 Å². The highest BCUT2D eigenvalue weighted by Gasteiger charge is 2.21. The minimum Gasteiger partial charge on any atom is -0.0833 e. The highest BCUT2D eigenvalue weighted by molar-refractivity contribution is 6.67. The average molecular weight is 286 g/mol. The van der Waals surface area contributed by atoms with Crippen molar-refractivity contribution in [1.82, 2.24) is 0 Å². The zero-order chi connectivity index (χ0) is 12.3. The van der Waals surface area contributed by atoms with Crippen molar-refractivity contribution in [2.24, 2.45) is 0 Å². The van der Waals surface area contributed by atoms with Gasteiger partial charge in [0.25, 0.3) is 0 Å². The van der Waals surface area contributed by atoms with Gasteiger partial charge in [-0.1, -0.05) is 89.4 Å². The third-order valence-electron chi connectivity index (χ3n) is 2.49. The Morgan fingerprint density at radius 1 is 0.765 bits per heavy atom. The minimum atomic E-state index is -1.26. The molecule has 0 heterocycles. The van der Waals surface area contributed by atoms with Crippen LogP contribution in [0.1, 0.15) is 5.56 Å². The van der Waals surface area contributed by atoms with Crippen molar-refractivity contribution in [3.8, 4) is 11.1 Å². The minimum absolute atomic E-state index is 0.405. The van der Waals surface area contributed by atoms with Crippen LogP contribution in [0.15, 0.2) is 54.6 Å². The van der Waals surface area contributed by atoms with Gasteiger partial charge in [-0.2, -0.15) is 0 Å². The van der Waals surface area contributed by atoms with Crippen molar-refractivity contribution in [2.45, 2.75) is 10.2 Å². The molecular weight excluding hydrogens is 275 g/mol. The maximum Gasteiger partial charge on any atom is 0.194 e. The van der Waals surface area contributed by atoms with Crippen LogP contribution in [-0.2, 0) is 6.42 Å². The van der Waals surface area contributed by atoms with Gasteiger partial charge >= 0.3 is 0 Å². The van der Waals surface area contributed by atoms with Gasteiger partial charge in [0.05, 0.1) is 0 Å². The van der Waals surface area contributed by atoms with Crippen molar-refractivity contribution in [2.75, 3.05) is 0 Å². The molecule has 0 aliphatic heterocycles. The summed E-state index contributed by atoms with van der Waals surface area (Å²) >= 11 is 17.6. The third kappa shape index (κ3) is 3.64. The van der Waals surface area contributed by atoms with E-state index in [4.69, 9.17) is 34.8 Å². The van der Waals surface area contributed by atoms with E-state index in [0.29, 0.717) is 6.42 Å². The lowest BCUT2D eigenvalue weighted by Crippen LogP contribution is -2.07. The fourth-order valence-corrected chi connectivity index (χ4v) is 2.22. The summed E-state index contributed by atoms with van der Waals surface area (Å²) < 4.78 is -1.26. The molecule has 0 aliphatic rings. The summed E-state index contributed by atoms with van der Waals surface area (Å²) in [6.07, 6.45) is 0.405. The van der Waals surface area contributed by atoms with Gasteiger partial charge < -0.3 is 0 Å². The number of rotatable bonds is 2. The summed E-state index contributed by atoms with van der Waals surface area (Å²) in [6.45, 7) is 0. The Hall–Kier alpha value is -0.690. The van der Waals surface area contributed by atoms with Gasteiger partial charge in [0.1, 0.15) is 0 Å². The first-order chi connectivity index (χ1) is 8.06. The SMILES string of the molecule is ClC(Cl)(Cl)Cc1ccccc1-c1ccccc1. The molecule has 0 saturated carbocycles. The van der Waals surface area contributed by atoms with Crippen LogP contribution in [-0.4, -0.2) is 3.79 Å². The van der Waals surface area contributed by atoms with Gasteiger partial charge in [0.2, 0.25) is 0 Å². The number of alkyl halides is 3. The summed E-state index contributed by atoms with van der Waals surface area (Å²) in [6, 6.07) is 18.1. The molecule has 2 aromatic rings. The molecule has 0 fully saturated rings. The zero-order valence-electron chi connectivity index (χ0n) is 9.04. The standard InChI is InChI=1S/C14H11Cl3/c15-14(16,17)10-12-8-4-5-9-13(12)11-6-2-1-3-7-11/h1-9H,10H2. The van der Waals surface area contributed by atoms with Gasteiger partial charge in [-0.25, -0.2) is 0 Å². The molecular formula is C14H11Cl3. The van der Waals surface area contributed by atoms with Crippen LogP contribution in [0.3, 0.4) is 0 Å². The van der Waals surface area contributed by atoms with Crippen molar-refractivity contribution in [3.63, 3.8) is 0 Å². The highest BCUT2D eigenvalue weighted by Crippen LogP contribution is 2.34. The second kappa shape index (κ2) is 5.30. The van der Waals surface area contributed by atoms with Crippen LogP contribution in [0.25, 0.3) is 11.1 Å². The quantitative estimate of drug-likeness (QED) is 0.660. The Labute approximate surface area is 116 Å². The lowest BCUT2D eigenvalue weighted by molar-refractivity contribution is 1.02. The predicted octanol–water partition coefficient (Wildman–Crippen LogP) is 5.27. The molecule has 0 N–H and O–H groups in total. The first-order valence-corrected chi connectivity index (χ1v) is 6.40. The van der Waals surface area contributed by atoms with E-state index >= 15 is 0 Å². The molecule has 0 aromatic heterocycles. The van der Waals surface area contributed by atoms with E-state index in [-0.39, 0.29) is 0 Å². The monoisotopic (exact) mass is 284 g/mol. The Morgan fingerprint density at radius 3 is 2.00 bits per heavy atom. The van der Waals surface area contributed by atoms with Crippen molar-refractivity contribution in [1.29, 1.82) is 0 Å². The molecule has 0 atom stereocenters. The summed E-state index contributed by atoms with van der Waals surface area (Å²) in [5, 5.41) is 0. The molecule has 0 saturated heterocycles. The Kier molecular flexibility index (Phi) is 3.98. The van der Waals surface area contributed by atoms with Gasteiger partial charge in [0.15, 0.2) is 3.79 Å². The smallest absolute Gasteiger partial charge is 0.0833 e. The van der Waals surface area contributed by atoms with E-state index in [2.05, 4.69) is 12.1 Å². The van der Waals surface area contributed by atoms with Crippen LogP contribution in [0.2, 0.25) is 0 Å². The molecule has 0 bridgehead atoms. The summed E-state index contributed by atoms with van der Waals surface area (Å²) in [5.41, 5.74) is 3.29. The molecule has 0 spiro atoms. The predicted molar refractivity (Wildman–Crippen MR) is 75.9 cm³/mol. The van der Waals surface area contributed by atoms with E-state index in [1.54, 1.807) is 0 Å². The maximum atomic E-state index is 5.86. The number of hydrogen-bond acceptors (Lipinski definition) is 0. The normalized spacial score (nSPS) is 11.5. The van der Waals surface area contributed by atoms with Crippen LogP contribution in [0, 0.1) is 0 Å². The Balaban J connectivity index is 2.41. The first kappa shape index (κ1) is 12.8. The maximum absolute atomic E-state index is 5.86. The zero-order valence-corrected chi connectivity index (χ0v) is 11.3. The molecule has 0 aliphatic carbocycles. The molecule has 0 nitrogen and oxygen atoms in total. The molecule has 0 radical (unpaired) electrons. The van der Waals surface area contributed by atoms with Crippen molar-refractivity contribution in [3.05, 3.63) is 60.2 Å². The molecule has 0 amide bonds. The molecule has 17 heavy (non-hydrogen) atoms. The van der Waals surface area contributed by atoms with Gasteiger partial charge in [-0.3, -0.25) is 0 Å². The molecule has 3 heteroatoms.